The first-order valence-electron chi connectivity index (χ1n) is 9.08. The van der Waals surface area contributed by atoms with E-state index in [1.807, 2.05) is 6.07 Å². The van der Waals surface area contributed by atoms with Gasteiger partial charge < -0.3 is 9.52 Å². The van der Waals surface area contributed by atoms with Gasteiger partial charge in [0.15, 0.2) is 5.43 Å². The fourth-order valence-electron chi connectivity index (χ4n) is 3.81. The van der Waals surface area contributed by atoms with Crippen molar-refractivity contribution in [2.75, 3.05) is 4.90 Å². The second-order valence-corrected chi connectivity index (χ2v) is 7.88. The third kappa shape index (κ3) is 2.81. The fourth-order valence-corrected chi connectivity index (χ4v) is 4.20. The topological polar surface area (TPSA) is 70.8 Å². The zero-order chi connectivity index (χ0) is 21.0. The van der Waals surface area contributed by atoms with E-state index in [0.717, 1.165) is 10.5 Å². The van der Waals surface area contributed by atoms with Crippen LogP contribution in [0.3, 0.4) is 0 Å². The second kappa shape index (κ2) is 6.81. The maximum atomic E-state index is 13.8. The number of halogens is 2. The van der Waals surface area contributed by atoms with Gasteiger partial charge in [0.2, 0.25) is 5.76 Å². The Balaban J connectivity index is 1.83. The van der Waals surface area contributed by atoms with E-state index in [1.165, 1.54) is 29.2 Å². The highest BCUT2D eigenvalue weighted by atomic mass is 79.9. The van der Waals surface area contributed by atoms with Crippen LogP contribution in [0.25, 0.3) is 11.0 Å². The van der Waals surface area contributed by atoms with Crippen LogP contribution in [0, 0.1) is 5.82 Å². The average molecular weight is 466 g/mol. The Morgan fingerprint density at radius 2 is 1.77 bits per heavy atom. The van der Waals surface area contributed by atoms with Gasteiger partial charge in [-0.3, -0.25) is 14.5 Å². The smallest absolute Gasteiger partial charge is 0.295 e. The molecule has 0 aliphatic carbocycles. The Hall–Kier alpha value is -3.45. The van der Waals surface area contributed by atoms with E-state index in [9.17, 15) is 19.1 Å². The van der Waals surface area contributed by atoms with Gasteiger partial charge in [-0.15, -0.1) is 0 Å². The van der Waals surface area contributed by atoms with E-state index >= 15 is 0 Å². The number of fused-ring (bicyclic) bond motifs is 2. The zero-order valence-electron chi connectivity index (χ0n) is 15.3. The molecule has 3 aromatic carbocycles. The van der Waals surface area contributed by atoms with Crippen LogP contribution >= 0.6 is 15.9 Å². The number of rotatable bonds is 2. The summed E-state index contributed by atoms with van der Waals surface area (Å²) < 4.78 is 20.4. The second-order valence-electron chi connectivity index (χ2n) is 6.96. The summed E-state index contributed by atoms with van der Waals surface area (Å²) in [7, 11) is 0. The molecule has 5 nitrogen and oxygen atoms in total. The van der Waals surface area contributed by atoms with Crippen LogP contribution < -0.4 is 10.3 Å². The third-order valence-electron chi connectivity index (χ3n) is 5.13. The van der Waals surface area contributed by atoms with Crippen molar-refractivity contribution < 1.29 is 18.7 Å². The molecule has 2 heterocycles. The van der Waals surface area contributed by atoms with Crippen molar-refractivity contribution in [2.24, 2.45) is 0 Å². The number of benzene rings is 3. The summed E-state index contributed by atoms with van der Waals surface area (Å²) in [6, 6.07) is 16.2. The predicted octanol–water partition coefficient (Wildman–Crippen LogP) is 5.15. The summed E-state index contributed by atoms with van der Waals surface area (Å²) >= 11 is 3.41. The van der Waals surface area contributed by atoms with Crippen LogP contribution in [-0.4, -0.2) is 11.0 Å². The molecule has 0 fully saturated rings. The number of aromatic hydroxyl groups is 1. The lowest BCUT2D eigenvalue weighted by atomic mass is 9.98. The van der Waals surface area contributed by atoms with Crippen LogP contribution in [0.4, 0.5) is 10.1 Å². The van der Waals surface area contributed by atoms with Crippen LogP contribution in [0.5, 0.6) is 5.75 Å². The van der Waals surface area contributed by atoms with Gasteiger partial charge in [-0.2, -0.15) is 0 Å². The Kier molecular flexibility index (Phi) is 4.22. The minimum atomic E-state index is -0.786. The standard InChI is InChI=1S/C23H13BrFNO4/c24-13-2-1-3-15(10-13)26-20(12-4-7-16(27)8-5-12)19-21(28)17-11-14(25)6-9-18(17)30-22(19)23(26)29/h1-11,20,27H. The molecule has 1 amide bonds. The number of nitrogens with zero attached hydrogens (tertiary/aromatic N) is 1. The molecule has 1 N–H and O–H groups in total. The highest BCUT2D eigenvalue weighted by molar-refractivity contribution is 9.10. The molecule has 1 aliphatic heterocycles. The number of phenolic OH excluding ortho intramolecular Hbond substituents is 1. The van der Waals surface area contributed by atoms with Crippen molar-refractivity contribution in [2.45, 2.75) is 6.04 Å². The Labute approximate surface area is 178 Å². The van der Waals surface area contributed by atoms with Gasteiger partial charge in [0.1, 0.15) is 17.1 Å². The molecule has 0 bridgehead atoms. The normalized spacial score (nSPS) is 15.6. The van der Waals surface area contributed by atoms with Crippen molar-refractivity contribution in [1.29, 1.82) is 0 Å². The van der Waals surface area contributed by atoms with Gasteiger partial charge in [-0.05, 0) is 54.1 Å². The highest BCUT2D eigenvalue weighted by Crippen LogP contribution is 2.42. The maximum Gasteiger partial charge on any atom is 0.295 e. The number of phenols is 1. The molecule has 0 saturated heterocycles. The lowest BCUT2D eigenvalue weighted by Crippen LogP contribution is -2.29. The van der Waals surface area contributed by atoms with E-state index < -0.39 is 23.2 Å². The Morgan fingerprint density at radius 3 is 2.50 bits per heavy atom. The van der Waals surface area contributed by atoms with Crippen molar-refractivity contribution in [3.63, 3.8) is 0 Å². The summed E-state index contributed by atoms with van der Waals surface area (Å²) in [5.41, 5.74) is 1.00. The molecule has 1 unspecified atom stereocenters. The molecule has 30 heavy (non-hydrogen) atoms. The molecule has 1 atom stereocenters. The number of hydrogen-bond acceptors (Lipinski definition) is 4. The van der Waals surface area contributed by atoms with Gasteiger partial charge in [0, 0.05) is 10.2 Å². The zero-order valence-corrected chi connectivity index (χ0v) is 16.9. The van der Waals surface area contributed by atoms with Crippen molar-refractivity contribution in [1.82, 2.24) is 0 Å². The molecule has 0 saturated carbocycles. The molecule has 1 aliphatic rings. The predicted molar refractivity (Wildman–Crippen MR) is 113 cm³/mol. The minimum absolute atomic E-state index is 0.0601. The number of amides is 1. The summed E-state index contributed by atoms with van der Waals surface area (Å²) in [5, 5.41) is 9.75. The fraction of sp³-hybridized carbons (Fsp3) is 0.0435. The van der Waals surface area contributed by atoms with E-state index in [1.54, 1.807) is 30.3 Å². The van der Waals surface area contributed by atoms with Crippen LogP contribution in [-0.2, 0) is 0 Å². The number of anilines is 1. The van der Waals surface area contributed by atoms with E-state index in [4.69, 9.17) is 4.42 Å². The molecule has 0 radical (unpaired) electrons. The molecule has 0 spiro atoms. The van der Waals surface area contributed by atoms with Gasteiger partial charge >= 0.3 is 0 Å². The quantitative estimate of drug-likeness (QED) is 0.444. The van der Waals surface area contributed by atoms with Crippen LogP contribution in [0.1, 0.15) is 27.7 Å². The molecule has 7 heteroatoms. The summed E-state index contributed by atoms with van der Waals surface area (Å²) in [5.74, 6) is -1.05. The van der Waals surface area contributed by atoms with Gasteiger partial charge in [0.05, 0.1) is 17.0 Å². The summed E-state index contributed by atoms with van der Waals surface area (Å²) in [6.45, 7) is 0. The van der Waals surface area contributed by atoms with Gasteiger partial charge in [-0.25, -0.2) is 4.39 Å². The first-order chi connectivity index (χ1) is 14.4. The lowest BCUT2D eigenvalue weighted by Gasteiger charge is -2.25. The van der Waals surface area contributed by atoms with Crippen LogP contribution in [0.15, 0.2) is 80.4 Å². The van der Waals surface area contributed by atoms with Crippen molar-refractivity contribution in [3.05, 3.63) is 104 Å². The minimum Gasteiger partial charge on any atom is -0.508 e. The first kappa shape index (κ1) is 18.6. The highest BCUT2D eigenvalue weighted by Gasteiger charge is 2.43. The summed E-state index contributed by atoms with van der Waals surface area (Å²) in [6.07, 6.45) is 0. The third-order valence-corrected chi connectivity index (χ3v) is 5.62. The molecule has 5 rings (SSSR count). The van der Waals surface area contributed by atoms with Crippen molar-refractivity contribution in [3.8, 4) is 5.75 Å². The van der Waals surface area contributed by atoms with Crippen molar-refractivity contribution >= 4 is 38.5 Å². The molecular formula is C23H13BrFNO4. The molecule has 1 aromatic heterocycles. The molecule has 4 aromatic rings. The van der Waals surface area contributed by atoms with E-state index in [0.29, 0.717) is 11.3 Å². The summed E-state index contributed by atoms with van der Waals surface area (Å²) in [4.78, 5) is 28.2. The van der Waals surface area contributed by atoms with E-state index in [2.05, 4.69) is 15.9 Å². The Bertz CT molecular complexity index is 1380. The van der Waals surface area contributed by atoms with Gasteiger partial charge in [0.25, 0.3) is 5.91 Å². The SMILES string of the molecule is O=C1c2oc3ccc(F)cc3c(=O)c2C(c2ccc(O)cc2)N1c1cccc(Br)c1. The van der Waals surface area contributed by atoms with Crippen LogP contribution in [0.2, 0.25) is 0 Å². The van der Waals surface area contributed by atoms with Gasteiger partial charge in [-0.1, -0.05) is 34.1 Å². The Morgan fingerprint density at radius 1 is 1.00 bits per heavy atom. The number of carbonyl (C=O) groups excluding carboxylic acids is 1. The molecule has 148 valence electrons. The average Bonchev–Trinajstić information content (AvgIpc) is 3.02. The molecular weight excluding hydrogens is 453 g/mol. The number of hydrogen-bond donors (Lipinski definition) is 1. The monoisotopic (exact) mass is 465 g/mol. The van der Waals surface area contributed by atoms with E-state index in [-0.39, 0.29) is 28.0 Å². The number of carbonyl (C=O) groups is 1. The first-order valence-corrected chi connectivity index (χ1v) is 9.87. The lowest BCUT2D eigenvalue weighted by molar-refractivity contribution is 0.0971. The largest absolute Gasteiger partial charge is 0.508 e. The maximum absolute atomic E-state index is 13.8.